The van der Waals surface area contributed by atoms with E-state index in [0.29, 0.717) is 31.7 Å². The lowest BCUT2D eigenvalue weighted by Crippen LogP contribution is -2.54. The van der Waals surface area contributed by atoms with Gasteiger partial charge >= 0.3 is 0 Å². The van der Waals surface area contributed by atoms with Crippen molar-refractivity contribution in [1.82, 2.24) is 10.2 Å². The van der Waals surface area contributed by atoms with E-state index < -0.39 is 17.0 Å². The van der Waals surface area contributed by atoms with Gasteiger partial charge in [0.2, 0.25) is 17.7 Å². The summed E-state index contributed by atoms with van der Waals surface area (Å²) in [6.07, 6.45) is 2.64. The van der Waals surface area contributed by atoms with Crippen LogP contribution in [0.2, 0.25) is 0 Å². The molecular formula is C21H25F2N3O3. The summed E-state index contributed by atoms with van der Waals surface area (Å²) in [4.78, 5) is 40.5. The van der Waals surface area contributed by atoms with Crippen molar-refractivity contribution < 1.29 is 23.2 Å². The van der Waals surface area contributed by atoms with Crippen LogP contribution in [0.4, 0.5) is 14.5 Å². The fraction of sp³-hybridized carbons (Fsp3) is 0.571. The molecule has 2 aliphatic heterocycles. The molecular weight excluding hydrogens is 380 g/mol. The lowest BCUT2D eigenvalue weighted by Gasteiger charge is -2.41. The number of anilines is 1. The molecule has 2 atom stereocenters. The number of hydrogen-bond donors (Lipinski definition) is 1. The molecule has 1 aromatic rings. The minimum Gasteiger partial charge on any atom is -0.365 e. The van der Waals surface area contributed by atoms with Gasteiger partial charge in [-0.1, -0.05) is 0 Å². The number of benzene rings is 1. The number of hydrogen-bond acceptors (Lipinski definition) is 4. The van der Waals surface area contributed by atoms with Crippen LogP contribution in [-0.4, -0.2) is 48.3 Å². The van der Waals surface area contributed by atoms with E-state index in [1.165, 1.54) is 12.1 Å². The van der Waals surface area contributed by atoms with Crippen molar-refractivity contribution in [1.29, 1.82) is 0 Å². The van der Waals surface area contributed by atoms with Crippen LogP contribution in [0.1, 0.15) is 39.0 Å². The Morgan fingerprint density at radius 1 is 1.17 bits per heavy atom. The molecule has 3 amide bonds. The monoisotopic (exact) mass is 405 g/mol. The minimum atomic E-state index is -0.723. The molecule has 156 valence electrons. The molecule has 0 aromatic heterocycles. The van der Waals surface area contributed by atoms with Gasteiger partial charge in [-0.3, -0.25) is 19.7 Å². The number of nitrogens with zero attached hydrogens (tertiary/aromatic N) is 2. The Balaban J connectivity index is 1.37. The van der Waals surface area contributed by atoms with E-state index in [0.717, 1.165) is 18.9 Å². The van der Waals surface area contributed by atoms with Gasteiger partial charge < -0.3 is 9.80 Å². The molecule has 1 N–H and O–H groups in total. The van der Waals surface area contributed by atoms with Crippen LogP contribution in [-0.2, 0) is 14.4 Å². The highest BCUT2D eigenvalue weighted by molar-refractivity contribution is 6.06. The van der Waals surface area contributed by atoms with Gasteiger partial charge in [-0.25, -0.2) is 8.78 Å². The summed E-state index contributed by atoms with van der Waals surface area (Å²) in [5, 5.41) is 2.40. The zero-order valence-corrected chi connectivity index (χ0v) is 16.4. The van der Waals surface area contributed by atoms with E-state index in [9.17, 15) is 23.2 Å². The Morgan fingerprint density at radius 2 is 1.86 bits per heavy atom. The fourth-order valence-corrected chi connectivity index (χ4v) is 4.79. The summed E-state index contributed by atoms with van der Waals surface area (Å²) in [5.74, 6) is -1.58. The summed E-state index contributed by atoms with van der Waals surface area (Å²) >= 11 is 0. The van der Waals surface area contributed by atoms with Crippen LogP contribution in [0.5, 0.6) is 0 Å². The first-order valence-electron chi connectivity index (χ1n) is 10.1. The number of rotatable bonds is 5. The van der Waals surface area contributed by atoms with Gasteiger partial charge in [-0.15, -0.1) is 0 Å². The van der Waals surface area contributed by atoms with Crippen LogP contribution in [0, 0.1) is 23.0 Å². The number of carbonyl (C=O) groups is 3. The third-order valence-electron chi connectivity index (χ3n) is 6.48. The molecule has 6 nitrogen and oxygen atoms in total. The third kappa shape index (κ3) is 3.84. The van der Waals surface area contributed by atoms with E-state index in [1.807, 2.05) is 11.8 Å². The average Bonchev–Trinajstić information content (AvgIpc) is 3.45. The highest BCUT2D eigenvalue weighted by atomic mass is 19.1. The number of amides is 3. The number of halogens is 2. The first kappa shape index (κ1) is 19.8. The molecule has 2 saturated heterocycles. The predicted octanol–water partition coefficient (Wildman–Crippen LogP) is 2.23. The molecule has 1 unspecified atom stereocenters. The smallest absolute Gasteiger partial charge is 0.233 e. The molecule has 1 aliphatic carbocycles. The van der Waals surface area contributed by atoms with Crippen molar-refractivity contribution in [3.05, 3.63) is 29.8 Å². The van der Waals surface area contributed by atoms with E-state index >= 15 is 0 Å². The summed E-state index contributed by atoms with van der Waals surface area (Å²) < 4.78 is 27.1. The quantitative estimate of drug-likeness (QED) is 0.763. The fourth-order valence-electron chi connectivity index (χ4n) is 4.79. The second kappa shape index (κ2) is 7.39. The molecule has 1 aromatic carbocycles. The highest BCUT2D eigenvalue weighted by Gasteiger charge is 2.55. The van der Waals surface area contributed by atoms with E-state index in [-0.39, 0.29) is 42.5 Å². The van der Waals surface area contributed by atoms with Crippen molar-refractivity contribution in [2.45, 2.75) is 45.1 Å². The van der Waals surface area contributed by atoms with Crippen LogP contribution in [0.25, 0.3) is 0 Å². The topological polar surface area (TPSA) is 69.7 Å². The zero-order chi connectivity index (χ0) is 20.8. The molecule has 8 heteroatoms. The Hall–Kier alpha value is -2.51. The summed E-state index contributed by atoms with van der Waals surface area (Å²) in [5.41, 5.74) is -0.254. The maximum Gasteiger partial charge on any atom is 0.233 e. The van der Waals surface area contributed by atoms with Crippen LogP contribution in [0.15, 0.2) is 18.2 Å². The van der Waals surface area contributed by atoms with Gasteiger partial charge in [-0.05, 0) is 44.2 Å². The van der Waals surface area contributed by atoms with Crippen LogP contribution < -0.4 is 10.2 Å². The van der Waals surface area contributed by atoms with Gasteiger partial charge in [0.25, 0.3) is 0 Å². The van der Waals surface area contributed by atoms with E-state index in [2.05, 4.69) is 5.32 Å². The van der Waals surface area contributed by atoms with Crippen molar-refractivity contribution in [2.24, 2.45) is 11.3 Å². The van der Waals surface area contributed by atoms with Crippen molar-refractivity contribution >= 4 is 23.4 Å². The van der Waals surface area contributed by atoms with Gasteiger partial charge in [0, 0.05) is 50.3 Å². The minimum absolute atomic E-state index is 0.0471. The Morgan fingerprint density at radius 3 is 2.41 bits per heavy atom. The van der Waals surface area contributed by atoms with Crippen LogP contribution >= 0.6 is 0 Å². The SMILES string of the molecule is C[C@H]1CN(C(=O)CCC2(C3CC3)CC(=O)NC2=O)CCN1c1cc(F)cc(F)c1. The van der Waals surface area contributed by atoms with Crippen molar-refractivity contribution in [2.75, 3.05) is 24.5 Å². The van der Waals surface area contributed by atoms with E-state index in [4.69, 9.17) is 0 Å². The third-order valence-corrected chi connectivity index (χ3v) is 6.48. The molecule has 2 heterocycles. The largest absolute Gasteiger partial charge is 0.365 e. The molecule has 0 bridgehead atoms. The highest BCUT2D eigenvalue weighted by Crippen LogP contribution is 2.52. The molecule has 4 rings (SSSR count). The van der Waals surface area contributed by atoms with Gasteiger partial charge in [0.15, 0.2) is 0 Å². The number of nitrogens with one attached hydrogen (secondary N) is 1. The van der Waals surface area contributed by atoms with Gasteiger partial charge in [0.05, 0.1) is 5.41 Å². The maximum absolute atomic E-state index is 13.5. The second-order valence-corrected chi connectivity index (χ2v) is 8.49. The molecule has 0 radical (unpaired) electrons. The molecule has 0 spiro atoms. The number of imide groups is 1. The molecule has 1 saturated carbocycles. The second-order valence-electron chi connectivity index (χ2n) is 8.49. The summed E-state index contributed by atoms with van der Waals surface area (Å²) in [6, 6.07) is 3.34. The predicted molar refractivity (Wildman–Crippen MR) is 102 cm³/mol. The number of piperazine rings is 1. The zero-order valence-electron chi connectivity index (χ0n) is 16.4. The first-order chi connectivity index (χ1) is 13.8. The Kier molecular flexibility index (Phi) is 5.04. The normalized spacial score (nSPS) is 27.3. The maximum atomic E-state index is 13.5. The average molecular weight is 405 g/mol. The first-order valence-corrected chi connectivity index (χ1v) is 10.1. The summed E-state index contributed by atoms with van der Waals surface area (Å²) in [7, 11) is 0. The molecule has 3 fully saturated rings. The standard InChI is InChI=1S/C21H25F2N3O3/c1-13-12-25(6-7-26(13)17-9-15(22)8-16(23)10-17)19(28)4-5-21(14-2-3-14)11-18(27)24-20(21)29/h8-10,13-14H,2-7,11-12H2,1H3,(H,24,27,29)/t13-,21?/m0/s1. The Bertz CT molecular complexity index is 837. The summed E-state index contributed by atoms with van der Waals surface area (Å²) in [6.45, 7) is 3.28. The lowest BCUT2D eigenvalue weighted by molar-refractivity contribution is -0.134. The Labute approximate surface area is 168 Å². The van der Waals surface area contributed by atoms with Gasteiger partial charge in [0.1, 0.15) is 11.6 Å². The van der Waals surface area contributed by atoms with Crippen molar-refractivity contribution in [3.8, 4) is 0 Å². The lowest BCUT2D eigenvalue weighted by atomic mass is 9.76. The van der Waals surface area contributed by atoms with Gasteiger partial charge in [-0.2, -0.15) is 0 Å². The molecule has 29 heavy (non-hydrogen) atoms. The van der Waals surface area contributed by atoms with Crippen molar-refractivity contribution in [3.63, 3.8) is 0 Å². The van der Waals surface area contributed by atoms with E-state index in [1.54, 1.807) is 4.90 Å². The number of carbonyl (C=O) groups excluding carboxylic acids is 3. The van der Waals surface area contributed by atoms with Crippen LogP contribution in [0.3, 0.4) is 0 Å². The molecule has 3 aliphatic rings.